The lowest BCUT2D eigenvalue weighted by atomic mass is 10.2. The van der Waals surface area contributed by atoms with Crippen molar-refractivity contribution in [2.24, 2.45) is 0 Å². The molecule has 0 bridgehead atoms. The normalized spacial score (nSPS) is 16.3. The lowest BCUT2D eigenvalue weighted by Crippen LogP contribution is -2.38. The Kier molecular flexibility index (Phi) is 5.00. The van der Waals surface area contributed by atoms with Crippen molar-refractivity contribution in [3.8, 4) is 0 Å². The van der Waals surface area contributed by atoms with E-state index in [1.807, 2.05) is 6.07 Å². The Morgan fingerprint density at radius 3 is 2.82 bits per heavy atom. The van der Waals surface area contributed by atoms with Crippen LogP contribution in [0.3, 0.4) is 0 Å². The topological polar surface area (TPSA) is 41.1 Å². The molecule has 3 nitrogen and oxygen atoms in total. The summed E-state index contributed by atoms with van der Waals surface area (Å²) in [7, 11) is 0. The Labute approximate surface area is 114 Å². The van der Waals surface area contributed by atoms with E-state index in [-0.39, 0.29) is 5.91 Å². The molecule has 17 heavy (non-hydrogen) atoms. The minimum atomic E-state index is 0.118. The number of nitrogens with one attached hydrogen (secondary N) is 2. The van der Waals surface area contributed by atoms with Gasteiger partial charge in [0.05, 0.1) is 10.3 Å². The molecule has 5 heteroatoms. The summed E-state index contributed by atoms with van der Waals surface area (Å²) in [6.45, 7) is 1.17. The number of hydrogen-bond acceptors (Lipinski definition) is 3. The number of hydrogen-bond donors (Lipinski definition) is 2. The van der Waals surface area contributed by atoms with Crippen LogP contribution < -0.4 is 10.6 Å². The summed E-state index contributed by atoms with van der Waals surface area (Å²) >= 11 is 5.12. The molecule has 0 radical (unpaired) electrons. The first-order valence-electron chi connectivity index (χ1n) is 5.98. The van der Waals surface area contributed by atoms with Crippen LogP contribution in [0.25, 0.3) is 0 Å². The smallest absolute Gasteiger partial charge is 0.234 e. The van der Waals surface area contributed by atoms with Gasteiger partial charge in [-0.1, -0.05) is 12.8 Å². The summed E-state index contributed by atoms with van der Waals surface area (Å²) in [5.41, 5.74) is 0. The first kappa shape index (κ1) is 13.1. The Balaban J connectivity index is 1.62. The molecule has 2 rings (SSSR count). The van der Waals surface area contributed by atoms with E-state index in [2.05, 4.69) is 32.6 Å². The van der Waals surface area contributed by atoms with E-state index >= 15 is 0 Å². The van der Waals surface area contributed by atoms with Crippen molar-refractivity contribution in [3.63, 3.8) is 0 Å². The van der Waals surface area contributed by atoms with E-state index in [9.17, 15) is 4.79 Å². The summed E-state index contributed by atoms with van der Waals surface area (Å²) in [6, 6.07) is 4.51. The van der Waals surface area contributed by atoms with Gasteiger partial charge in [-0.2, -0.15) is 0 Å². The van der Waals surface area contributed by atoms with E-state index < -0.39 is 0 Å². The van der Waals surface area contributed by atoms with Gasteiger partial charge in [0, 0.05) is 17.5 Å². The largest absolute Gasteiger partial charge is 0.352 e. The van der Waals surface area contributed by atoms with Gasteiger partial charge in [-0.3, -0.25) is 4.79 Å². The first-order chi connectivity index (χ1) is 8.24. The third kappa shape index (κ3) is 4.41. The fraction of sp³-hybridized carbons (Fsp3) is 0.583. The maximum atomic E-state index is 11.6. The molecular formula is C12H17BrN2OS. The lowest BCUT2D eigenvalue weighted by molar-refractivity contribution is -0.120. The van der Waals surface area contributed by atoms with Crippen LogP contribution in [0, 0.1) is 0 Å². The molecule has 1 saturated carbocycles. The molecule has 1 aromatic rings. The molecule has 0 atom stereocenters. The van der Waals surface area contributed by atoms with Crippen molar-refractivity contribution < 1.29 is 4.79 Å². The lowest BCUT2D eigenvalue weighted by Gasteiger charge is -2.11. The Bertz CT molecular complexity index is 374. The highest BCUT2D eigenvalue weighted by atomic mass is 79.9. The van der Waals surface area contributed by atoms with Crippen LogP contribution in [0.4, 0.5) is 0 Å². The number of thiophene rings is 1. The van der Waals surface area contributed by atoms with E-state index in [1.165, 1.54) is 17.7 Å². The second kappa shape index (κ2) is 6.52. The maximum absolute atomic E-state index is 11.6. The van der Waals surface area contributed by atoms with Gasteiger partial charge < -0.3 is 10.6 Å². The molecule has 0 saturated heterocycles. The zero-order valence-electron chi connectivity index (χ0n) is 9.67. The van der Waals surface area contributed by atoms with Gasteiger partial charge in [0.2, 0.25) is 5.91 Å². The second-order valence-electron chi connectivity index (χ2n) is 4.36. The highest BCUT2D eigenvalue weighted by molar-refractivity contribution is 9.11. The molecule has 2 N–H and O–H groups in total. The molecular weight excluding hydrogens is 300 g/mol. The first-order valence-corrected chi connectivity index (χ1v) is 7.59. The Morgan fingerprint density at radius 2 is 2.18 bits per heavy atom. The van der Waals surface area contributed by atoms with Crippen molar-refractivity contribution in [3.05, 3.63) is 20.8 Å². The quantitative estimate of drug-likeness (QED) is 0.877. The standard InChI is InChI=1S/C12H17BrN2OS/c13-11-6-5-10(17-11)7-14-8-12(16)15-9-3-1-2-4-9/h5-6,9,14H,1-4,7-8H2,(H,15,16). The number of halogens is 1. The van der Waals surface area contributed by atoms with Crippen LogP contribution >= 0.6 is 27.3 Å². The molecule has 1 aromatic heterocycles. The predicted molar refractivity (Wildman–Crippen MR) is 74.1 cm³/mol. The van der Waals surface area contributed by atoms with Crippen molar-refractivity contribution in [1.29, 1.82) is 0 Å². The molecule has 1 amide bonds. The zero-order valence-corrected chi connectivity index (χ0v) is 12.1. The second-order valence-corrected chi connectivity index (χ2v) is 6.91. The molecule has 1 fully saturated rings. The van der Waals surface area contributed by atoms with E-state index in [0.29, 0.717) is 12.6 Å². The summed E-state index contributed by atoms with van der Waals surface area (Å²) in [6.07, 6.45) is 4.79. The maximum Gasteiger partial charge on any atom is 0.234 e. The van der Waals surface area contributed by atoms with Crippen molar-refractivity contribution in [2.45, 2.75) is 38.3 Å². The minimum Gasteiger partial charge on any atom is -0.352 e. The average Bonchev–Trinajstić information content (AvgIpc) is 2.90. The van der Waals surface area contributed by atoms with Gasteiger partial charge in [-0.05, 0) is 40.9 Å². The van der Waals surface area contributed by atoms with Crippen LogP contribution in [0.1, 0.15) is 30.6 Å². The molecule has 1 aliphatic rings. The van der Waals surface area contributed by atoms with Crippen molar-refractivity contribution in [2.75, 3.05) is 6.54 Å². The van der Waals surface area contributed by atoms with Crippen LogP contribution in [0.2, 0.25) is 0 Å². The predicted octanol–water partition coefficient (Wildman–Crippen LogP) is 2.66. The fourth-order valence-electron chi connectivity index (χ4n) is 2.09. The number of carbonyl (C=O) groups is 1. The molecule has 1 aliphatic carbocycles. The molecule has 94 valence electrons. The third-order valence-electron chi connectivity index (χ3n) is 2.93. The number of rotatable bonds is 5. The minimum absolute atomic E-state index is 0.118. The van der Waals surface area contributed by atoms with Gasteiger partial charge in [0.1, 0.15) is 0 Å². The van der Waals surface area contributed by atoms with Crippen LogP contribution in [-0.2, 0) is 11.3 Å². The van der Waals surface area contributed by atoms with Crippen LogP contribution in [0.15, 0.2) is 15.9 Å². The Morgan fingerprint density at radius 1 is 1.41 bits per heavy atom. The summed E-state index contributed by atoms with van der Waals surface area (Å²) in [4.78, 5) is 12.9. The van der Waals surface area contributed by atoms with Gasteiger partial charge in [-0.15, -0.1) is 11.3 Å². The van der Waals surface area contributed by atoms with Gasteiger partial charge in [0.15, 0.2) is 0 Å². The van der Waals surface area contributed by atoms with Gasteiger partial charge in [0.25, 0.3) is 0 Å². The van der Waals surface area contributed by atoms with Crippen LogP contribution in [0.5, 0.6) is 0 Å². The average molecular weight is 317 g/mol. The van der Waals surface area contributed by atoms with Gasteiger partial charge in [-0.25, -0.2) is 0 Å². The summed E-state index contributed by atoms with van der Waals surface area (Å²) in [5.74, 6) is 0.118. The molecule has 0 aliphatic heterocycles. The van der Waals surface area contributed by atoms with Crippen molar-refractivity contribution in [1.82, 2.24) is 10.6 Å². The highest BCUT2D eigenvalue weighted by Gasteiger charge is 2.16. The summed E-state index contributed by atoms with van der Waals surface area (Å²) in [5, 5.41) is 6.23. The summed E-state index contributed by atoms with van der Waals surface area (Å²) < 4.78 is 1.13. The number of carbonyl (C=O) groups excluding carboxylic acids is 1. The van der Waals surface area contributed by atoms with E-state index in [4.69, 9.17) is 0 Å². The van der Waals surface area contributed by atoms with Gasteiger partial charge >= 0.3 is 0 Å². The molecule has 0 unspecified atom stereocenters. The van der Waals surface area contributed by atoms with Crippen molar-refractivity contribution >= 4 is 33.2 Å². The number of amides is 1. The Hall–Kier alpha value is -0.390. The molecule has 0 aromatic carbocycles. The fourth-order valence-corrected chi connectivity index (χ4v) is 3.55. The van der Waals surface area contributed by atoms with Crippen LogP contribution in [-0.4, -0.2) is 18.5 Å². The van der Waals surface area contributed by atoms with E-state index in [0.717, 1.165) is 23.2 Å². The SMILES string of the molecule is O=C(CNCc1ccc(Br)s1)NC1CCCC1. The monoisotopic (exact) mass is 316 g/mol. The third-order valence-corrected chi connectivity index (χ3v) is 4.56. The molecule has 0 spiro atoms. The highest BCUT2D eigenvalue weighted by Crippen LogP contribution is 2.21. The van der Waals surface area contributed by atoms with E-state index in [1.54, 1.807) is 11.3 Å². The molecule has 1 heterocycles. The zero-order chi connectivity index (χ0) is 12.1.